The van der Waals surface area contributed by atoms with Crippen LogP contribution in [-0.2, 0) is 0 Å². The first-order valence-electron chi connectivity index (χ1n) is 7.93. The zero-order chi connectivity index (χ0) is 15.2. The summed E-state index contributed by atoms with van der Waals surface area (Å²) in [5.74, 6) is 0.855. The number of hydrogen-bond acceptors (Lipinski definition) is 3. The second kappa shape index (κ2) is 8.14. The van der Waals surface area contributed by atoms with Crippen molar-refractivity contribution in [3.63, 3.8) is 0 Å². The first kappa shape index (κ1) is 16.8. The molecule has 1 saturated heterocycles. The van der Waals surface area contributed by atoms with E-state index in [4.69, 9.17) is 17.3 Å². The number of hydrogen-bond donors (Lipinski definition) is 1. The fraction of sp³-hybridized carbons (Fsp3) is 0.647. The van der Waals surface area contributed by atoms with Gasteiger partial charge in [-0.2, -0.15) is 0 Å². The Labute approximate surface area is 134 Å². The molecule has 2 rings (SSSR count). The van der Waals surface area contributed by atoms with Crippen molar-refractivity contribution < 1.29 is 0 Å². The summed E-state index contributed by atoms with van der Waals surface area (Å²) >= 11 is 6.21. The molecule has 0 saturated carbocycles. The molecule has 0 radical (unpaired) electrons. The SMILES string of the molecule is CN(C)CC1CCN(CCC(N)c2ccccc2Cl)CC1. The molecule has 1 unspecified atom stereocenters. The summed E-state index contributed by atoms with van der Waals surface area (Å²) in [5, 5.41) is 0.787. The Morgan fingerprint density at radius 2 is 1.95 bits per heavy atom. The van der Waals surface area contributed by atoms with Gasteiger partial charge in [0.05, 0.1) is 0 Å². The van der Waals surface area contributed by atoms with Gasteiger partial charge in [-0.3, -0.25) is 0 Å². The fourth-order valence-corrected chi connectivity index (χ4v) is 3.44. The van der Waals surface area contributed by atoms with Gasteiger partial charge in [-0.15, -0.1) is 0 Å². The van der Waals surface area contributed by atoms with Crippen molar-refractivity contribution in [1.82, 2.24) is 9.80 Å². The van der Waals surface area contributed by atoms with Gasteiger partial charge in [0.2, 0.25) is 0 Å². The second-order valence-corrected chi connectivity index (χ2v) is 6.87. The van der Waals surface area contributed by atoms with Crippen molar-refractivity contribution in [3.8, 4) is 0 Å². The Bertz CT molecular complexity index is 428. The number of rotatable bonds is 6. The Hall–Kier alpha value is -0.610. The van der Waals surface area contributed by atoms with E-state index in [0.717, 1.165) is 29.5 Å². The largest absolute Gasteiger partial charge is 0.324 e. The fourth-order valence-electron chi connectivity index (χ4n) is 3.16. The number of piperidine rings is 1. The van der Waals surface area contributed by atoms with Crippen LogP contribution in [0.25, 0.3) is 0 Å². The molecule has 1 aromatic rings. The summed E-state index contributed by atoms with van der Waals surface area (Å²) in [5.41, 5.74) is 7.36. The lowest BCUT2D eigenvalue weighted by molar-refractivity contribution is 0.159. The Kier molecular flexibility index (Phi) is 6.49. The van der Waals surface area contributed by atoms with Gasteiger partial charge in [-0.05, 0) is 70.5 Å². The predicted octanol–water partition coefficient (Wildman–Crippen LogP) is 3.00. The van der Waals surface area contributed by atoms with Gasteiger partial charge in [0.25, 0.3) is 0 Å². The topological polar surface area (TPSA) is 32.5 Å². The van der Waals surface area contributed by atoms with Gasteiger partial charge in [-0.25, -0.2) is 0 Å². The molecule has 1 atom stereocenters. The molecule has 0 amide bonds. The maximum Gasteiger partial charge on any atom is 0.0453 e. The molecule has 1 fully saturated rings. The zero-order valence-corrected chi connectivity index (χ0v) is 14.0. The molecular weight excluding hydrogens is 282 g/mol. The monoisotopic (exact) mass is 309 g/mol. The molecular formula is C17H28ClN3. The van der Waals surface area contributed by atoms with Crippen LogP contribution in [0.1, 0.15) is 30.9 Å². The predicted molar refractivity (Wildman–Crippen MR) is 90.7 cm³/mol. The van der Waals surface area contributed by atoms with Gasteiger partial charge in [0, 0.05) is 17.6 Å². The van der Waals surface area contributed by atoms with Gasteiger partial charge in [0.1, 0.15) is 0 Å². The Balaban J connectivity index is 1.73. The van der Waals surface area contributed by atoms with Crippen molar-refractivity contribution >= 4 is 11.6 Å². The Morgan fingerprint density at radius 3 is 2.57 bits per heavy atom. The smallest absolute Gasteiger partial charge is 0.0453 e. The molecule has 1 aliphatic heterocycles. The molecule has 0 aliphatic carbocycles. The normalized spacial score (nSPS) is 19.1. The molecule has 1 heterocycles. The summed E-state index contributed by atoms with van der Waals surface area (Å²) in [4.78, 5) is 4.84. The molecule has 1 aromatic carbocycles. The van der Waals surface area contributed by atoms with Crippen LogP contribution in [0, 0.1) is 5.92 Å². The van der Waals surface area contributed by atoms with Crippen molar-refractivity contribution in [3.05, 3.63) is 34.9 Å². The van der Waals surface area contributed by atoms with Gasteiger partial charge in [-0.1, -0.05) is 29.8 Å². The number of likely N-dealkylation sites (tertiary alicyclic amines) is 1. The molecule has 1 aliphatic rings. The highest BCUT2D eigenvalue weighted by Gasteiger charge is 2.20. The van der Waals surface area contributed by atoms with Crippen LogP contribution in [-0.4, -0.2) is 50.1 Å². The van der Waals surface area contributed by atoms with Gasteiger partial charge < -0.3 is 15.5 Å². The molecule has 2 N–H and O–H groups in total. The quantitative estimate of drug-likeness (QED) is 0.877. The van der Waals surface area contributed by atoms with Crippen molar-refractivity contribution in [2.75, 3.05) is 40.3 Å². The van der Waals surface area contributed by atoms with Crippen molar-refractivity contribution in [2.45, 2.75) is 25.3 Å². The molecule has 118 valence electrons. The summed E-state index contributed by atoms with van der Waals surface area (Å²) in [7, 11) is 4.32. The summed E-state index contributed by atoms with van der Waals surface area (Å²) in [6.07, 6.45) is 3.58. The second-order valence-electron chi connectivity index (χ2n) is 6.46. The summed E-state index contributed by atoms with van der Waals surface area (Å²) < 4.78 is 0. The van der Waals surface area contributed by atoms with Crippen molar-refractivity contribution in [2.24, 2.45) is 11.7 Å². The van der Waals surface area contributed by atoms with Crippen LogP contribution in [0.2, 0.25) is 5.02 Å². The average Bonchev–Trinajstić information content (AvgIpc) is 2.46. The first-order chi connectivity index (χ1) is 10.1. The van der Waals surface area contributed by atoms with Gasteiger partial charge >= 0.3 is 0 Å². The van der Waals surface area contributed by atoms with E-state index in [2.05, 4.69) is 23.9 Å². The third-order valence-electron chi connectivity index (χ3n) is 4.39. The van der Waals surface area contributed by atoms with E-state index >= 15 is 0 Å². The zero-order valence-electron chi connectivity index (χ0n) is 13.3. The van der Waals surface area contributed by atoms with Crippen LogP contribution in [0.15, 0.2) is 24.3 Å². The summed E-state index contributed by atoms with van der Waals surface area (Å²) in [6.45, 7) is 4.69. The third kappa shape index (κ3) is 5.26. The molecule has 0 aromatic heterocycles. The standard InChI is InChI=1S/C17H28ClN3/c1-20(2)13-14-7-10-21(11-8-14)12-9-17(19)15-5-3-4-6-16(15)18/h3-6,14,17H,7-13,19H2,1-2H3. The molecule has 3 nitrogen and oxygen atoms in total. The molecule has 0 bridgehead atoms. The van der Waals surface area contributed by atoms with Gasteiger partial charge in [0.15, 0.2) is 0 Å². The highest BCUT2D eigenvalue weighted by Crippen LogP contribution is 2.24. The first-order valence-corrected chi connectivity index (χ1v) is 8.31. The number of nitrogens with two attached hydrogens (primary N) is 1. The average molecular weight is 310 g/mol. The third-order valence-corrected chi connectivity index (χ3v) is 4.74. The van der Waals surface area contributed by atoms with E-state index in [1.165, 1.54) is 32.5 Å². The van der Waals surface area contributed by atoms with E-state index < -0.39 is 0 Å². The maximum absolute atomic E-state index is 6.29. The highest BCUT2D eigenvalue weighted by molar-refractivity contribution is 6.31. The Morgan fingerprint density at radius 1 is 1.29 bits per heavy atom. The lowest BCUT2D eigenvalue weighted by Gasteiger charge is -2.33. The molecule has 0 spiro atoms. The lowest BCUT2D eigenvalue weighted by Crippen LogP contribution is -2.38. The van der Waals surface area contributed by atoms with Crippen LogP contribution in [0.4, 0.5) is 0 Å². The van der Waals surface area contributed by atoms with E-state index in [9.17, 15) is 0 Å². The van der Waals surface area contributed by atoms with Crippen molar-refractivity contribution in [1.29, 1.82) is 0 Å². The van der Waals surface area contributed by atoms with Crippen LogP contribution in [0.3, 0.4) is 0 Å². The van der Waals surface area contributed by atoms with E-state index in [1.807, 2.05) is 24.3 Å². The highest BCUT2D eigenvalue weighted by atomic mass is 35.5. The van der Waals surface area contributed by atoms with E-state index in [1.54, 1.807) is 0 Å². The van der Waals surface area contributed by atoms with Crippen LogP contribution < -0.4 is 5.73 Å². The van der Waals surface area contributed by atoms with Crippen LogP contribution >= 0.6 is 11.6 Å². The lowest BCUT2D eigenvalue weighted by atomic mass is 9.96. The van der Waals surface area contributed by atoms with E-state index in [0.29, 0.717) is 0 Å². The summed E-state index contributed by atoms with van der Waals surface area (Å²) in [6, 6.07) is 7.96. The molecule has 21 heavy (non-hydrogen) atoms. The minimum Gasteiger partial charge on any atom is -0.324 e. The number of nitrogens with zero attached hydrogens (tertiary/aromatic N) is 2. The molecule has 4 heteroatoms. The minimum atomic E-state index is 0.0400. The maximum atomic E-state index is 6.29. The van der Waals surface area contributed by atoms with Crippen LogP contribution in [0.5, 0.6) is 0 Å². The number of benzene rings is 1. The van der Waals surface area contributed by atoms with E-state index in [-0.39, 0.29) is 6.04 Å². The minimum absolute atomic E-state index is 0.0400. The number of halogens is 1.